The molecular weight excluding hydrogens is 220 g/mol. The second-order valence-electron chi connectivity index (χ2n) is 2.80. The SMILES string of the molecule is Cn1c(NN)nc2nc(Cl)nc(NN)c21. The Morgan fingerprint density at radius 3 is 2.53 bits per heavy atom. The van der Waals surface area contributed by atoms with Crippen molar-refractivity contribution >= 4 is 34.5 Å². The van der Waals surface area contributed by atoms with Crippen molar-refractivity contribution in [1.29, 1.82) is 0 Å². The quantitative estimate of drug-likeness (QED) is 0.313. The number of fused-ring (bicyclic) bond motifs is 1. The third-order valence-electron chi connectivity index (χ3n) is 1.97. The molecular formula is C6H9ClN8. The van der Waals surface area contributed by atoms with Gasteiger partial charge in [0, 0.05) is 7.05 Å². The number of nitrogens with two attached hydrogens (primary N) is 2. The molecule has 6 N–H and O–H groups in total. The molecule has 2 rings (SSSR count). The Morgan fingerprint density at radius 1 is 1.20 bits per heavy atom. The van der Waals surface area contributed by atoms with Gasteiger partial charge >= 0.3 is 0 Å². The van der Waals surface area contributed by atoms with Crippen LogP contribution in [-0.2, 0) is 7.05 Å². The normalized spacial score (nSPS) is 10.7. The van der Waals surface area contributed by atoms with Gasteiger partial charge < -0.3 is 9.99 Å². The summed E-state index contributed by atoms with van der Waals surface area (Å²) in [6, 6.07) is 0. The summed E-state index contributed by atoms with van der Waals surface area (Å²) >= 11 is 5.69. The number of rotatable bonds is 2. The average molecular weight is 229 g/mol. The largest absolute Gasteiger partial charge is 0.308 e. The number of nitrogen functional groups attached to an aromatic ring is 2. The van der Waals surface area contributed by atoms with Crippen molar-refractivity contribution < 1.29 is 0 Å². The van der Waals surface area contributed by atoms with Gasteiger partial charge in [0.25, 0.3) is 0 Å². The van der Waals surface area contributed by atoms with E-state index in [1.807, 2.05) is 0 Å². The Labute approximate surface area is 89.6 Å². The zero-order valence-electron chi connectivity index (χ0n) is 7.82. The van der Waals surface area contributed by atoms with Crippen molar-refractivity contribution in [2.75, 3.05) is 10.9 Å². The van der Waals surface area contributed by atoms with Crippen LogP contribution in [0, 0.1) is 0 Å². The fourth-order valence-electron chi connectivity index (χ4n) is 1.31. The first-order chi connectivity index (χ1) is 7.17. The van der Waals surface area contributed by atoms with Gasteiger partial charge in [-0.1, -0.05) is 0 Å². The molecule has 0 aliphatic carbocycles. The highest BCUT2D eigenvalue weighted by molar-refractivity contribution is 6.28. The van der Waals surface area contributed by atoms with E-state index in [1.54, 1.807) is 11.6 Å². The number of anilines is 2. The Morgan fingerprint density at radius 2 is 1.93 bits per heavy atom. The van der Waals surface area contributed by atoms with E-state index in [-0.39, 0.29) is 5.28 Å². The lowest BCUT2D eigenvalue weighted by molar-refractivity contribution is 0.939. The number of imidazole rings is 1. The molecule has 0 aliphatic rings. The Bertz CT molecular complexity index is 505. The molecule has 80 valence electrons. The number of hydrogen-bond donors (Lipinski definition) is 4. The zero-order chi connectivity index (χ0) is 11.0. The second kappa shape index (κ2) is 3.50. The van der Waals surface area contributed by atoms with Gasteiger partial charge in [-0.05, 0) is 11.6 Å². The number of nitrogens with one attached hydrogen (secondary N) is 2. The molecule has 2 heterocycles. The van der Waals surface area contributed by atoms with Crippen LogP contribution >= 0.6 is 11.6 Å². The van der Waals surface area contributed by atoms with Gasteiger partial charge in [-0.2, -0.15) is 15.0 Å². The fraction of sp³-hybridized carbons (Fsp3) is 0.167. The summed E-state index contributed by atoms with van der Waals surface area (Å²) in [7, 11) is 1.75. The van der Waals surface area contributed by atoms with E-state index in [9.17, 15) is 0 Å². The molecule has 0 amide bonds. The van der Waals surface area contributed by atoms with Gasteiger partial charge in [0.1, 0.15) is 5.52 Å². The van der Waals surface area contributed by atoms with Gasteiger partial charge in [0.2, 0.25) is 11.2 Å². The molecule has 0 unspecified atom stereocenters. The first-order valence-corrected chi connectivity index (χ1v) is 4.38. The number of hydrogen-bond acceptors (Lipinski definition) is 7. The van der Waals surface area contributed by atoms with Gasteiger partial charge in [-0.3, -0.25) is 5.43 Å². The first-order valence-electron chi connectivity index (χ1n) is 4.00. The van der Waals surface area contributed by atoms with Crippen molar-refractivity contribution in [2.45, 2.75) is 0 Å². The predicted octanol–water partition coefficient (Wildman–Crippen LogP) is -0.412. The highest BCUT2D eigenvalue weighted by Crippen LogP contribution is 2.23. The molecule has 8 nitrogen and oxygen atoms in total. The second-order valence-corrected chi connectivity index (χ2v) is 3.13. The van der Waals surface area contributed by atoms with Crippen molar-refractivity contribution in [2.24, 2.45) is 18.7 Å². The van der Waals surface area contributed by atoms with Crippen LogP contribution in [0.2, 0.25) is 5.28 Å². The molecule has 0 spiro atoms. The lowest BCUT2D eigenvalue weighted by atomic mass is 10.5. The molecule has 15 heavy (non-hydrogen) atoms. The van der Waals surface area contributed by atoms with E-state index >= 15 is 0 Å². The number of hydrazine groups is 2. The standard InChI is InChI=1S/C6H9ClN8/c1-15-2-3(12-6(15)14-9)10-5(7)11-4(2)13-8/h8-9H2,1H3,(H2,10,11,12,13,14). The van der Waals surface area contributed by atoms with E-state index in [0.29, 0.717) is 22.9 Å². The lowest BCUT2D eigenvalue weighted by Crippen LogP contribution is -2.13. The maximum atomic E-state index is 5.69. The smallest absolute Gasteiger partial charge is 0.226 e. The van der Waals surface area contributed by atoms with Crippen LogP contribution in [-0.4, -0.2) is 19.5 Å². The monoisotopic (exact) mass is 228 g/mol. The lowest BCUT2D eigenvalue weighted by Gasteiger charge is -2.03. The van der Waals surface area contributed by atoms with Gasteiger partial charge in [0.15, 0.2) is 11.5 Å². The van der Waals surface area contributed by atoms with Crippen LogP contribution in [0.15, 0.2) is 0 Å². The van der Waals surface area contributed by atoms with Crippen LogP contribution in [0.25, 0.3) is 11.2 Å². The summed E-state index contributed by atoms with van der Waals surface area (Å²) in [5, 5.41) is 0.0668. The summed E-state index contributed by atoms with van der Waals surface area (Å²) in [6.45, 7) is 0. The summed E-state index contributed by atoms with van der Waals surface area (Å²) in [5.41, 5.74) is 5.89. The summed E-state index contributed by atoms with van der Waals surface area (Å²) in [5.74, 6) is 11.4. The zero-order valence-corrected chi connectivity index (χ0v) is 8.58. The topological polar surface area (TPSA) is 120 Å². The molecule has 0 aromatic carbocycles. The fourth-order valence-corrected chi connectivity index (χ4v) is 1.48. The number of halogens is 1. The molecule has 9 heteroatoms. The summed E-state index contributed by atoms with van der Waals surface area (Å²) in [4.78, 5) is 12.0. The van der Waals surface area contributed by atoms with Crippen molar-refractivity contribution in [3.63, 3.8) is 0 Å². The molecule has 0 saturated carbocycles. The molecule has 2 aromatic rings. The van der Waals surface area contributed by atoms with Gasteiger partial charge in [-0.25, -0.2) is 11.7 Å². The van der Waals surface area contributed by atoms with Crippen molar-refractivity contribution in [3.05, 3.63) is 5.28 Å². The molecule has 0 bridgehead atoms. The van der Waals surface area contributed by atoms with Crippen LogP contribution in [0.4, 0.5) is 11.8 Å². The van der Waals surface area contributed by atoms with E-state index in [0.717, 1.165) is 0 Å². The number of aryl methyl sites for hydroxylation is 1. The maximum absolute atomic E-state index is 5.69. The first kappa shape index (κ1) is 9.90. The van der Waals surface area contributed by atoms with Crippen molar-refractivity contribution in [1.82, 2.24) is 19.5 Å². The highest BCUT2D eigenvalue weighted by Gasteiger charge is 2.14. The molecule has 0 atom stereocenters. The van der Waals surface area contributed by atoms with Crippen LogP contribution in [0.5, 0.6) is 0 Å². The molecule has 0 fully saturated rings. The van der Waals surface area contributed by atoms with Crippen LogP contribution in [0.1, 0.15) is 0 Å². The van der Waals surface area contributed by atoms with Crippen molar-refractivity contribution in [3.8, 4) is 0 Å². The van der Waals surface area contributed by atoms with E-state index in [4.69, 9.17) is 23.3 Å². The van der Waals surface area contributed by atoms with Crippen LogP contribution < -0.4 is 22.5 Å². The van der Waals surface area contributed by atoms with Crippen LogP contribution in [0.3, 0.4) is 0 Å². The van der Waals surface area contributed by atoms with Gasteiger partial charge in [-0.15, -0.1) is 0 Å². The summed E-state index contributed by atoms with van der Waals surface area (Å²) < 4.78 is 1.67. The maximum Gasteiger partial charge on any atom is 0.226 e. The van der Waals surface area contributed by atoms with E-state index in [1.165, 1.54) is 0 Å². The molecule has 2 aromatic heterocycles. The minimum Gasteiger partial charge on any atom is -0.308 e. The Balaban J connectivity index is 2.82. The van der Waals surface area contributed by atoms with E-state index < -0.39 is 0 Å². The third kappa shape index (κ3) is 1.44. The molecule has 0 radical (unpaired) electrons. The molecule has 0 saturated heterocycles. The number of aromatic nitrogens is 4. The predicted molar refractivity (Wildman–Crippen MR) is 56.9 cm³/mol. The minimum absolute atomic E-state index is 0.0668. The number of nitrogens with zero attached hydrogens (tertiary/aromatic N) is 4. The van der Waals surface area contributed by atoms with Gasteiger partial charge in [0.05, 0.1) is 0 Å². The Kier molecular flexibility index (Phi) is 2.31. The van der Waals surface area contributed by atoms with E-state index in [2.05, 4.69) is 25.8 Å². The average Bonchev–Trinajstić information content (AvgIpc) is 2.54. The third-order valence-corrected chi connectivity index (χ3v) is 2.14. The summed E-state index contributed by atoms with van der Waals surface area (Å²) in [6.07, 6.45) is 0. The molecule has 0 aliphatic heterocycles. The minimum atomic E-state index is 0.0668. The highest BCUT2D eigenvalue weighted by atomic mass is 35.5. The Hall–Kier alpha value is -1.64.